The number of pyridine rings is 1. The maximum Gasteiger partial charge on any atom is 0.156 e. The molecule has 1 aliphatic carbocycles. The monoisotopic (exact) mass is 411 g/mol. The van der Waals surface area contributed by atoms with Crippen molar-refractivity contribution in [1.29, 1.82) is 5.26 Å². The van der Waals surface area contributed by atoms with Gasteiger partial charge in [0, 0.05) is 16.3 Å². The second-order valence-electron chi connectivity index (χ2n) is 5.98. The highest BCUT2D eigenvalue weighted by Gasteiger charge is 2.17. The van der Waals surface area contributed by atoms with Crippen LogP contribution in [0.15, 0.2) is 51.9 Å². The minimum Gasteiger partial charge on any atom is -0.395 e. The normalized spacial score (nSPS) is 12.7. The number of hydrogen-bond donors (Lipinski definition) is 5. The topological polar surface area (TPSA) is 86.8 Å². The fourth-order valence-electron chi connectivity index (χ4n) is 2.60. The van der Waals surface area contributed by atoms with Gasteiger partial charge in [-0.2, -0.15) is 5.26 Å². The van der Waals surface area contributed by atoms with Crippen molar-refractivity contribution in [2.75, 3.05) is 16.4 Å². The van der Waals surface area contributed by atoms with Crippen molar-refractivity contribution in [1.82, 2.24) is 4.98 Å². The van der Waals surface area contributed by atoms with Crippen LogP contribution in [0.25, 0.3) is 0 Å². The van der Waals surface area contributed by atoms with Crippen molar-refractivity contribution >= 4 is 48.3 Å². The molecule has 1 aromatic heterocycles. The first-order chi connectivity index (χ1) is 13.5. The number of hydrogen-bond acceptors (Lipinski definition) is 7. The van der Waals surface area contributed by atoms with E-state index in [-0.39, 0.29) is 0 Å². The number of nitrogens with two attached hydrogens (primary N) is 1. The van der Waals surface area contributed by atoms with E-state index in [0.29, 0.717) is 28.5 Å². The summed E-state index contributed by atoms with van der Waals surface area (Å²) in [6.45, 7) is 5.82. The number of nitrogen functional groups attached to an aromatic ring is 1. The zero-order valence-corrected chi connectivity index (χ0v) is 18.0. The van der Waals surface area contributed by atoms with E-state index in [2.05, 4.69) is 46.9 Å². The number of thiol groups is 2. The van der Waals surface area contributed by atoms with E-state index in [1.807, 2.05) is 57.2 Å². The summed E-state index contributed by atoms with van der Waals surface area (Å²) in [5, 5.41) is 16.0. The number of allylic oxidation sites excluding steroid dienone is 4. The lowest BCUT2D eigenvalue weighted by Gasteiger charge is -2.18. The van der Waals surface area contributed by atoms with Gasteiger partial charge in [0.25, 0.3) is 0 Å². The minimum absolute atomic E-state index is 0.445. The van der Waals surface area contributed by atoms with E-state index in [9.17, 15) is 5.26 Å². The zero-order valence-electron chi connectivity index (χ0n) is 16.2. The molecule has 1 aliphatic rings. The molecule has 1 heterocycles. The third-order valence-electron chi connectivity index (χ3n) is 4.14. The summed E-state index contributed by atoms with van der Waals surface area (Å²) < 4.78 is 0. The van der Waals surface area contributed by atoms with Crippen LogP contribution in [0.1, 0.15) is 37.8 Å². The number of rotatable bonds is 4. The summed E-state index contributed by atoms with van der Waals surface area (Å²) in [5.74, 6) is 1.01. The van der Waals surface area contributed by atoms with Crippen LogP contribution in [0.5, 0.6) is 0 Å². The van der Waals surface area contributed by atoms with Crippen LogP contribution < -0.4 is 16.4 Å². The first kappa shape index (κ1) is 21.7. The van der Waals surface area contributed by atoms with E-state index in [0.717, 1.165) is 34.0 Å². The Bertz CT molecular complexity index is 941. The SMILES string of the molecule is CC.Cc1c(N)c(Nc2ccc(S)cc2)nc(NC2=CC=C(S)CC2)c1C#N. The highest BCUT2D eigenvalue weighted by Crippen LogP contribution is 2.32. The lowest BCUT2D eigenvalue weighted by molar-refractivity contribution is 0.951. The Kier molecular flexibility index (Phi) is 7.85. The average molecular weight is 412 g/mol. The van der Waals surface area contributed by atoms with E-state index in [1.54, 1.807) is 0 Å². The van der Waals surface area contributed by atoms with Gasteiger partial charge in [0.2, 0.25) is 0 Å². The fourth-order valence-corrected chi connectivity index (χ4v) is 2.94. The van der Waals surface area contributed by atoms with Gasteiger partial charge < -0.3 is 16.4 Å². The number of aromatic nitrogens is 1. The molecule has 0 atom stereocenters. The smallest absolute Gasteiger partial charge is 0.156 e. The van der Waals surface area contributed by atoms with Crippen LogP contribution in [-0.2, 0) is 0 Å². The van der Waals surface area contributed by atoms with Crippen molar-refractivity contribution < 1.29 is 0 Å². The van der Waals surface area contributed by atoms with Gasteiger partial charge >= 0.3 is 0 Å². The van der Waals surface area contributed by atoms with E-state index in [4.69, 9.17) is 5.73 Å². The molecule has 0 spiro atoms. The van der Waals surface area contributed by atoms with Gasteiger partial charge in [0.1, 0.15) is 6.07 Å². The molecule has 0 aliphatic heterocycles. The Morgan fingerprint density at radius 1 is 1.04 bits per heavy atom. The van der Waals surface area contributed by atoms with Gasteiger partial charge in [0.15, 0.2) is 11.6 Å². The molecule has 146 valence electrons. The van der Waals surface area contributed by atoms with Gasteiger partial charge in [0.05, 0.1) is 11.3 Å². The summed E-state index contributed by atoms with van der Waals surface area (Å²) in [4.78, 5) is 6.47. The summed E-state index contributed by atoms with van der Waals surface area (Å²) in [6, 6.07) is 9.75. The first-order valence-electron chi connectivity index (χ1n) is 9.10. The lowest BCUT2D eigenvalue weighted by Crippen LogP contribution is -2.10. The Morgan fingerprint density at radius 2 is 1.71 bits per heavy atom. The zero-order chi connectivity index (χ0) is 20.7. The Hall–Kier alpha value is -2.56. The molecule has 0 amide bonds. The van der Waals surface area contributed by atoms with Crippen LogP contribution in [0, 0.1) is 18.3 Å². The second-order valence-corrected chi connectivity index (χ2v) is 7.07. The maximum absolute atomic E-state index is 9.55. The molecule has 0 saturated heterocycles. The highest BCUT2D eigenvalue weighted by molar-refractivity contribution is 7.84. The molecule has 0 saturated carbocycles. The molecule has 4 N–H and O–H groups in total. The molecule has 0 fully saturated rings. The molecule has 2 aromatic rings. The van der Waals surface area contributed by atoms with Gasteiger partial charge in [-0.15, -0.1) is 25.3 Å². The number of anilines is 4. The highest BCUT2D eigenvalue weighted by atomic mass is 32.1. The largest absolute Gasteiger partial charge is 0.395 e. The molecule has 28 heavy (non-hydrogen) atoms. The number of nitrogens with one attached hydrogen (secondary N) is 2. The average Bonchev–Trinajstić information content (AvgIpc) is 2.71. The quantitative estimate of drug-likeness (QED) is 0.410. The fraction of sp³-hybridized carbons (Fsp3) is 0.238. The van der Waals surface area contributed by atoms with E-state index < -0.39 is 0 Å². The summed E-state index contributed by atoms with van der Waals surface area (Å²) in [6.07, 6.45) is 5.58. The van der Waals surface area contributed by atoms with Gasteiger partial charge in [-0.05, 0) is 60.6 Å². The van der Waals surface area contributed by atoms with E-state index >= 15 is 0 Å². The predicted molar refractivity (Wildman–Crippen MR) is 124 cm³/mol. The van der Waals surface area contributed by atoms with Crippen LogP contribution in [0.4, 0.5) is 23.0 Å². The third kappa shape index (κ3) is 5.24. The Morgan fingerprint density at radius 3 is 2.29 bits per heavy atom. The molecular formula is C21H25N5S2. The lowest BCUT2D eigenvalue weighted by atomic mass is 10.1. The molecule has 0 radical (unpaired) electrons. The summed E-state index contributed by atoms with van der Waals surface area (Å²) >= 11 is 8.65. The molecule has 3 rings (SSSR count). The van der Waals surface area contributed by atoms with Crippen LogP contribution in [-0.4, -0.2) is 4.98 Å². The van der Waals surface area contributed by atoms with Crippen molar-refractivity contribution in [2.45, 2.75) is 38.5 Å². The van der Waals surface area contributed by atoms with Crippen LogP contribution in [0.2, 0.25) is 0 Å². The third-order valence-corrected chi connectivity index (χ3v) is 4.81. The standard InChI is InChI=1S/C19H19N5S2.C2H6/c1-11-16(10-20)18(22-12-2-6-14(25)7-3-12)24-19(17(11)21)23-13-4-8-15(26)9-5-13;1-2/h2,4-6,8-9,25-26H,3,7,21H2,1H3,(H2,22,23,24);1-2H3. The molecule has 7 heteroatoms. The van der Waals surface area contributed by atoms with Crippen molar-refractivity contribution in [3.05, 3.63) is 58.1 Å². The van der Waals surface area contributed by atoms with E-state index in [1.165, 1.54) is 0 Å². The summed E-state index contributed by atoms with van der Waals surface area (Å²) in [5.41, 5.74) is 9.63. The number of nitriles is 1. The van der Waals surface area contributed by atoms with Gasteiger partial charge in [-0.1, -0.05) is 19.9 Å². The minimum atomic E-state index is 0.445. The van der Waals surface area contributed by atoms with Gasteiger partial charge in [-0.25, -0.2) is 4.98 Å². The number of nitrogens with zero attached hydrogens (tertiary/aromatic N) is 2. The Labute approximate surface area is 177 Å². The van der Waals surface area contributed by atoms with Crippen molar-refractivity contribution in [3.8, 4) is 6.07 Å². The maximum atomic E-state index is 9.55. The van der Waals surface area contributed by atoms with Crippen LogP contribution in [0.3, 0.4) is 0 Å². The molecule has 0 unspecified atom stereocenters. The number of benzene rings is 1. The van der Waals surface area contributed by atoms with Crippen molar-refractivity contribution in [2.24, 2.45) is 0 Å². The van der Waals surface area contributed by atoms with Gasteiger partial charge in [-0.3, -0.25) is 0 Å². The molecular weight excluding hydrogens is 386 g/mol. The summed E-state index contributed by atoms with van der Waals surface area (Å²) in [7, 11) is 0. The molecule has 1 aromatic carbocycles. The molecule has 0 bridgehead atoms. The van der Waals surface area contributed by atoms with Crippen molar-refractivity contribution in [3.63, 3.8) is 0 Å². The van der Waals surface area contributed by atoms with Crippen LogP contribution >= 0.6 is 25.3 Å². The predicted octanol–water partition coefficient (Wildman–Crippen LogP) is 5.81. The first-order valence-corrected chi connectivity index (χ1v) is 9.99. The molecule has 5 nitrogen and oxygen atoms in total. The Balaban J connectivity index is 0.00000136. The second kappa shape index (κ2) is 10.1.